The van der Waals surface area contributed by atoms with Crippen molar-refractivity contribution in [3.63, 3.8) is 0 Å². The van der Waals surface area contributed by atoms with Crippen molar-refractivity contribution in [1.82, 2.24) is 5.32 Å². The van der Waals surface area contributed by atoms with Crippen LogP contribution in [0.25, 0.3) is 0 Å². The molecule has 6 nitrogen and oxygen atoms in total. The molecule has 6 heteroatoms. The average molecular weight is 383 g/mol. The van der Waals surface area contributed by atoms with E-state index in [0.717, 1.165) is 18.4 Å². The van der Waals surface area contributed by atoms with Crippen LogP contribution in [0.5, 0.6) is 11.5 Å². The zero-order chi connectivity index (χ0) is 19.9. The van der Waals surface area contributed by atoms with Crippen molar-refractivity contribution in [2.45, 2.75) is 44.8 Å². The number of carbonyl (C=O) groups excluding carboxylic acids is 1. The Bertz CT molecular complexity index is 843. The minimum Gasteiger partial charge on any atom is -0.493 e. The van der Waals surface area contributed by atoms with E-state index < -0.39 is 5.97 Å². The Kier molecular flexibility index (Phi) is 6.53. The average Bonchev–Trinajstić information content (AvgIpc) is 3.20. The fraction of sp³-hybridized carbons (Fsp3) is 0.364. The van der Waals surface area contributed by atoms with Gasteiger partial charge in [0.15, 0.2) is 11.5 Å². The maximum absolute atomic E-state index is 12.2. The largest absolute Gasteiger partial charge is 0.493 e. The molecule has 0 saturated heterocycles. The Balaban J connectivity index is 1.59. The Morgan fingerprint density at radius 3 is 2.57 bits per heavy atom. The first-order valence-electron chi connectivity index (χ1n) is 9.47. The number of aromatic carboxylic acids is 1. The van der Waals surface area contributed by atoms with E-state index in [-0.39, 0.29) is 24.0 Å². The summed E-state index contributed by atoms with van der Waals surface area (Å²) in [4.78, 5) is 23.3. The summed E-state index contributed by atoms with van der Waals surface area (Å²) < 4.78 is 11.5. The molecule has 1 aliphatic rings. The molecule has 148 valence electrons. The highest BCUT2D eigenvalue weighted by Crippen LogP contribution is 2.32. The summed E-state index contributed by atoms with van der Waals surface area (Å²) in [6.07, 6.45) is 4.83. The molecular weight excluding hydrogens is 358 g/mol. The van der Waals surface area contributed by atoms with Crippen LogP contribution in [-0.2, 0) is 17.8 Å². The lowest BCUT2D eigenvalue weighted by molar-refractivity contribution is -0.120. The molecule has 0 radical (unpaired) electrons. The summed E-state index contributed by atoms with van der Waals surface area (Å²) in [6, 6.07) is 12.1. The van der Waals surface area contributed by atoms with E-state index in [1.54, 1.807) is 19.2 Å². The van der Waals surface area contributed by atoms with Crippen molar-refractivity contribution in [2.24, 2.45) is 0 Å². The molecule has 2 N–H and O–H groups in total. The van der Waals surface area contributed by atoms with Gasteiger partial charge in [-0.2, -0.15) is 0 Å². The minimum absolute atomic E-state index is 0.128. The lowest BCUT2D eigenvalue weighted by Gasteiger charge is -2.17. The molecule has 1 saturated carbocycles. The van der Waals surface area contributed by atoms with Gasteiger partial charge >= 0.3 is 5.97 Å². The second kappa shape index (κ2) is 9.26. The van der Waals surface area contributed by atoms with Gasteiger partial charge in [-0.05, 0) is 61.1 Å². The maximum Gasteiger partial charge on any atom is 0.335 e. The highest BCUT2D eigenvalue weighted by Gasteiger charge is 2.18. The molecule has 1 amide bonds. The topological polar surface area (TPSA) is 84.9 Å². The number of carbonyl (C=O) groups is 2. The van der Waals surface area contributed by atoms with E-state index in [2.05, 4.69) is 5.32 Å². The van der Waals surface area contributed by atoms with Crippen LogP contribution in [0.4, 0.5) is 0 Å². The van der Waals surface area contributed by atoms with E-state index in [1.165, 1.54) is 25.0 Å². The third-order valence-electron chi connectivity index (χ3n) is 4.85. The van der Waals surface area contributed by atoms with Crippen LogP contribution in [-0.4, -0.2) is 30.2 Å². The quantitative estimate of drug-likeness (QED) is 0.728. The highest BCUT2D eigenvalue weighted by atomic mass is 16.5. The normalized spacial score (nSPS) is 13.9. The number of nitrogens with one attached hydrogen (secondary N) is 1. The van der Waals surface area contributed by atoms with Crippen LogP contribution in [0.2, 0.25) is 0 Å². The maximum atomic E-state index is 12.2. The molecule has 1 aliphatic carbocycles. The van der Waals surface area contributed by atoms with Crippen molar-refractivity contribution in [2.75, 3.05) is 7.11 Å². The summed E-state index contributed by atoms with van der Waals surface area (Å²) in [6.45, 7) is 0.364. The molecule has 0 aromatic heterocycles. The van der Waals surface area contributed by atoms with Gasteiger partial charge in [0.05, 0.1) is 25.2 Å². The molecule has 0 spiro atoms. The number of amides is 1. The first kappa shape index (κ1) is 19.7. The van der Waals surface area contributed by atoms with E-state index in [9.17, 15) is 9.59 Å². The number of carboxylic acids is 1. The predicted molar refractivity (Wildman–Crippen MR) is 105 cm³/mol. The zero-order valence-corrected chi connectivity index (χ0v) is 15.9. The molecule has 1 fully saturated rings. The van der Waals surface area contributed by atoms with Gasteiger partial charge in [0.2, 0.25) is 5.91 Å². The van der Waals surface area contributed by atoms with Crippen molar-refractivity contribution < 1.29 is 24.2 Å². The molecule has 0 unspecified atom stereocenters. The predicted octanol–water partition coefficient (Wildman–Crippen LogP) is 3.57. The lowest BCUT2D eigenvalue weighted by Crippen LogP contribution is -2.24. The highest BCUT2D eigenvalue weighted by molar-refractivity contribution is 5.88. The molecule has 2 aromatic carbocycles. The molecule has 3 rings (SSSR count). The van der Waals surface area contributed by atoms with Gasteiger partial charge in [-0.15, -0.1) is 0 Å². The minimum atomic E-state index is -1.00. The molecule has 28 heavy (non-hydrogen) atoms. The Morgan fingerprint density at radius 1 is 1.07 bits per heavy atom. The van der Waals surface area contributed by atoms with E-state index in [4.69, 9.17) is 14.6 Å². The molecule has 0 heterocycles. The molecule has 0 bridgehead atoms. The summed E-state index contributed by atoms with van der Waals surface area (Å²) in [5, 5.41) is 11.9. The number of methoxy groups -OCH3 is 1. The summed E-state index contributed by atoms with van der Waals surface area (Å²) >= 11 is 0. The SMILES string of the molecule is COc1ccc(CNC(=O)Cc2cccc(C(=O)O)c2)cc1OC1CCCC1. The molecule has 0 aliphatic heterocycles. The van der Waals surface area contributed by atoms with Gasteiger partial charge in [-0.1, -0.05) is 18.2 Å². The van der Waals surface area contributed by atoms with Crippen LogP contribution < -0.4 is 14.8 Å². The summed E-state index contributed by atoms with van der Waals surface area (Å²) in [5.41, 5.74) is 1.76. The lowest BCUT2D eigenvalue weighted by atomic mass is 10.1. The van der Waals surface area contributed by atoms with E-state index in [1.807, 2.05) is 18.2 Å². The first-order chi connectivity index (χ1) is 13.5. The number of benzene rings is 2. The fourth-order valence-corrected chi connectivity index (χ4v) is 3.37. The van der Waals surface area contributed by atoms with Gasteiger partial charge in [0.1, 0.15) is 0 Å². The first-order valence-corrected chi connectivity index (χ1v) is 9.47. The number of rotatable bonds is 8. The van der Waals surface area contributed by atoms with Crippen molar-refractivity contribution in [3.05, 3.63) is 59.2 Å². The zero-order valence-electron chi connectivity index (χ0n) is 15.9. The van der Waals surface area contributed by atoms with Crippen LogP contribution >= 0.6 is 0 Å². The number of hydrogen-bond donors (Lipinski definition) is 2. The Hall–Kier alpha value is -3.02. The molecule has 2 aromatic rings. The second-order valence-corrected chi connectivity index (χ2v) is 6.97. The monoisotopic (exact) mass is 383 g/mol. The Morgan fingerprint density at radius 2 is 1.86 bits per heavy atom. The standard InChI is InChI=1S/C22H25NO5/c1-27-19-10-9-16(12-20(19)28-18-7-2-3-8-18)14-23-21(24)13-15-5-4-6-17(11-15)22(25)26/h4-6,9-12,18H,2-3,7-8,13-14H2,1H3,(H,23,24)(H,25,26). The number of hydrogen-bond acceptors (Lipinski definition) is 4. The number of carboxylic acid groups (broad SMARTS) is 1. The van der Waals surface area contributed by atoms with Crippen LogP contribution in [0.1, 0.15) is 47.2 Å². The van der Waals surface area contributed by atoms with Crippen molar-refractivity contribution in [3.8, 4) is 11.5 Å². The summed E-state index contributed by atoms with van der Waals surface area (Å²) in [5.74, 6) is 0.217. The Labute approximate surface area is 164 Å². The third kappa shape index (κ3) is 5.25. The van der Waals surface area contributed by atoms with Gasteiger partial charge in [0.25, 0.3) is 0 Å². The van der Waals surface area contributed by atoms with Crippen molar-refractivity contribution in [1.29, 1.82) is 0 Å². The van der Waals surface area contributed by atoms with E-state index >= 15 is 0 Å². The van der Waals surface area contributed by atoms with Gasteiger partial charge < -0.3 is 19.9 Å². The smallest absolute Gasteiger partial charge is 0.335 e. The molecule has 0 atom stereocenters. The third-order valence-corrected chi connectivity index (χ3v) is 4.85. The van der Waals surface area contributed by atoms with Crippen molar-refractivity contribution >= 4 is 11.9 Å². The van der Waals surface area contributed by atoms with Crippen LogP contribution in [0.3, 0.4) is 0 Å². The fourth-order valence-electron chi connectivity index (χ4n) is 3.37. The summed E-state index contributed by atoms with van der Waals surface area (Å²) in [7, 11) is 1.61. The van der Waals surface area contributed by atoms with E-state index in [0.29, 0.717) is 23.6 Å². The van der Waals surface area contributed by atoms with Gasteiger partial charge in [0, 0.05) is 6.54 Å². The second-order valence-electron chi connectivity index (χ2n) is 6.97. The van der Waals surface area contributed by atoms with Crippen LogP contribution in [0.15, 0.2) is 42.5 Å². The van der Waals surface area contributed by atoms with Gasteiger partial charge in [-0.25, -0.2) is 4.79 Å². The van der Waals surface area contributed by atoms with Crippen LogP contribution in [0, 0.1) is 0 Å². The van der Waals surface area contributed by atoms with Gasteiger partial charge in [-0.3, -0.25) is 4.79 Å². The number of ether oxygens (including phenoxy) is 2. The molecular formula is C22H25NO5.